The van der Waals surface area contributed by atoms with E-state index in [9.17, 15) is 4.79 Å². The summed E-state index contributed by atoms with van der Waals surface area (Å²) >= 11 is 0. The Morgan fingerprint density at radius 1 is 1.32 bits per heavy atom. The van der Waals surface area contributed by atoms with Gasteiger partial charge in [0.05, 0.1) is 12.0 Å². The molecule has 2 aromatic rings. The molecule has 1 aromatic carbocycles. The molecule has 0 saturated carbocycles. The molecule has 0 N–H and O–H groups in total. The van der Waals surface area contributed by atoms with Crippen molar-refractivity contribution < 1.29 is 14.1 Å². The van der Waals surface area contributed by atoms with Gasteiger partial charge in [0.25, 0.3) is 0 Å². The van der Waals surface area contributed by atoms with E-state index in [4.69, 9.17) is 9.26 Å². The third-order valence-corrected chi connectivity index (χ3v) is 5.01. The highest BCUT2D eigenvalue weighted by molar-refractivity contribution is 5.80. The van der Waals surface area contributed by atoms with Crippen LogP contribution in [-0.4, -0.2) is 34.1 Å². The molecular formula is C19H23N3O3. The fraction of sp³-hybridized carbons (Fsp3) is 0.526. The molecule has 0 aliphatic carbocycles. The molecule has 1 amide bonds. The van der Waals surface area contributed by atoms with Gasteiger partial charge in [-0.3, -0.25) is 4.79 Å². The number of fused-ring (bicyclic) bond motifs is 1. The van der Waals surface area contributed by atoms with Gasteiger partial charge in [0.15, 0.2) is 5.82 Å². The summed E-state index contributed by atoms with van der Waals surface area (Å²) in [5.74, 6) is 2.33. The molecule has 1 saturated heterocycles. The second-order valence-electron chi connectivity index (χ2n) is 7.15. The minimum atomic E-state index is -0.146. The van der Waals surface area contributed by atoms with Crippen LogP contribution in [0.15, 0.2) is 28.8 Å². The molecule has 2 aliphatic rings. The van der Waals surface area contributed by atoms with Crippen LogP contribution in [0.3, 0.4) is 0 Å². The van der Waals surface area contributed by atoms with Crippen molar-refractivity contribution in [1.82, 2.24) is 15.0 Å². The molecule has 2 aliphatic heterocycles. The molecule has 4 rings (SSSR count). The van der Waals surface area contributed by atoms with Crippen LogP contribution in [0.5, 0.6) is 5.75 Å². The van der Waals surface area contributed by atoms with Crippen molar-refractivity contribution in [2.45, 2.75) is 45.1 Å². The first kappa shape index (κ1) is 16.1. The number of rotatable bonds is 3. The quantitative estimate of drug-likeness (QED) is 0.858. The van der Waals surface area contributed by atoms with Crippen molar-refractivity contribution in [3.8, 4) is 5.75 Å². The van der Waals surface area contributed by atoms with Crippen LogP contribution in [0.25, 0.3) is 0 Å². The minimum absolute atomic E-state index is 0.0825. The number of likely N-dealkylation sites (tertiary alicyclic amines) is 1. The number of hydrogen-bond acceptors (Lipinski definition) is 5. The van der Waals surface area contributed by atoms with Crippen molar-refractivity contribution in [3.63, 3.8) is 0 Å². The highest BCUT2D eigenvalue weighted by atomic mass is 16.5. The van der Waals surface area contributed by atoms with Crippen LogP contribution >= 0.6 is 0 Å². The molecule has 0 bridgehead atoms. The zero-order chi connectivity index (χ0) is 17.4. The van der Waals surface area contributed by atoms with Gasteiger partial charge in [-0.15, -0.1) is 0 Å². The number of carbonyl (C=O) groups is 1. The highest BCUT2D eigenvalue weighted by Gasteiger charge is 2.38. The first-order valence-corrected chi connectivity index (χ1v) is 8.98. The molecule has 0 radical (unpaired) electrons. The topological polar surface area (TPSA) is 68.5 Å². The molecule has 6 nitrogen and oxygen atoms in total. The predicted molar refractivity (Wildman–Crippen MR) is 91.2 cm³/mol. The Balaban J connectivity index is 1.51. The number of aromatic nitrogens is 2. The van der Waals surface area contributed by atoms with Crippen molar-refractivity contribution in [2.75, 3.05) is 13.2 Å². The number of benzene rings is 1. The van der Waals surface area contributed by atoms with Crippen molar-refractivity contribution in [2.24, 2.45) is 5.92 Å². The molecule has 6 heteroatoms. The molecule has 0 spiro atoms. The van der Waals surface area contributed by atoms with Gasteiger partial charge >= 0.3 is 0 Å². The molecular weight excluding hydrogens is 318 g/mol. The summed E-state index contributed by atoms with van der Waals surface area (Å²) in [6, 6.07) is 7.85. The van der Waals surface area contributed by atoms with E-state index in [0.717, 1.165) is 37.1 Å². The molecule has 3 heterocycles. The molecule has 1 aromatic heterocycles. The zero-order valence-corrected chi connectivity index (χ0v) is 14.6. The Labute approximate surface area is 147 Å². The van der Waals surface area contributed by atoms with Gasteiger partial charge in [-0.25, -0.2) is 0 Å². The number of hydrogen-bond donors (Lipinski definition) is 0. The summed E-state index contributed by atoms with van der Waals surface area (Å²) < 4.78 is 11.1. The van der Waals surface area contributed by atoms with Crippen LogP contribution < -0.4 is 4.74 Å². The van der Waals surface area contributed by atoms with Gasteiger partial charge in [0.1, 0.15) is 12.4 Å². The number of nitrogens with zero attached hydrogens (tertiary/aromatic N) is 3. The Morgan fingerprint density at radius 2 is 2.16 bits per heavy atom. The first-order valence-electron chi connectivity index (χ1n) is 8.98. The zero-order valence-electron chi connectivity index (χ0n) is 14.6. The van der Waals surface area contributed by atoms with E-state index in [2.05, 4.69) is 10.1 Å². The molecule has 2 atom stereocenters. The van der Waals surface area contributed by atoms with Gasteiger partial charge in [0, 0.05) is 12.5 Å². The van der Waals surface area contributed by atoms with E-state index < -0.39 is 0 Å². The van der Waals surface area contributed by atoms with E-state index in [1.807, 2.05) is 43.0 Å². The Bertz CT molecular complexity index is 771. The van der Waals surface area contributed by atoms with Crippen LogP contribution in [0.1, 0.15) is 55.9 Å². The average molecular weight is 341 g/mol. The fourth-order valence-corrected chi connectivity index (χ4v) is 3.64. The Kier molecular flexibility index (Phi) is 4.19. The van der Waals surface area contributed by atoms with Crippen LogP contribution in [-0.2, 0) is 11.2 Å². The van der Waals surface area contributed by atoms with E-state index in [-0.39, 0.29) is 23.8 Å². The maximum atomic E-state index is 13.1. The number of amides is 1. The normalized spacial score (nSPS) is 22.8. The lowest BCUT2D eigenvalue weighted by Gasteiger charge is -2.30. The minimum Gasteiger partial charge on any atom is -0.492 e. The lowest BCUT2D eigenvalue weighted by atomic mass is 9.95. The number of para-hydroxylation sites is 1. The Morgan fingerprint density at radius 3 is 2.96 bits per heavy atom. The lowest BCUT2D eigenvalue weighted by Crippen LogP contribution is -2.40. The molecule has 132 valence electrons. The predicted octanol–water partition coefficient (Wildman–Crippen LogP) is 3.11. The maximum absolute atomic E-state index is 13.1. The number of ether oxygens (including phenoxy) is 1. The van der Waals surface area contributed by atoms with E-state index in [1.165, 1.54) is 0 Å². The first-order chi connectivity index (χ1) is 12.1. The second kappa shape index (κ2) is 6.50. The van der Waals surface area contributed by atoms with E-state index >= 15 is 0 Å². The number of carbonyl (C=O) groups excluding carboxylic acids is 1. The summed E-state index contributed by atoms with van der Waals surface area (Å²) in [6.07, 6.45) is 2.57. The summed E-state index contributed by atoms with van der Waals surface area (Å²) in [7, 11) is 0. The maximum Gasteiger partial charge on any atom is 0.230 e. The summed E-state index contributed by atoms with van der Waals surface area (Å²) in [5, 5.41) is 4.12. The Hall–Kier alpha value is -2.37. The third-order valence-electron chi connectivity index (χ3n) is 5.01. The van der Waals surface area contributed by atoms with Gasteiger partial charge in [-0.1, -0.05) is 37.2 Å². The monoisotopic (exact) mass is 341 g/mol. The van der Waals surface area contributed by atoms with Crippen LogP contribution in [0.4, 0.5) is 0 Å². The van der Waals surface area contributed by atoms with Gasteiger partial charge in [0.2, 0.25) is 11.8 Å². The molecule has 25 heavy (non-hydrogen) atoms. The van der Waals surface area contributed by atoms with Crippen LogP contribution in [0, 0.1) is 5.92 Å². The highest BCUT2D eigenvalue weighted by Crippen LogP contribution is 2.34. The SMILES string of the molecule is CC(C)c1nc([C@@H]2CCCN2C(=O)[C@@H]2COc3ccccc3C2)no1. The second-order valence-corrected chi connectivity index (χ2v) is 7.15. The van der Waals surface area contributed by atoms with Crippen LogP contribution in [0.2, 0.25) is 0 Å². The van der Waals surface area contributed by atoms with E-state index in [1.54, 1.807) is 0 Å². The summed E-state index contributed by atoms with van der Waals surface area (Å²) in [5.41, 5.74) is 1.10. The largest absolute Gasteiger partial charge is 0.492 e. The van der Waals surface area contributed by atoms with Gasteiger partial charge < -0.3 is 14.2 Å². The van der Waals surface area contributed by atoms with Crippen molar-refractivity contribution >= 4 is 5.91 Å². The standard InChI is InChI=1S/C19H23N3O3/c1-12(2)18-20-17(21-25-18)15-7-5-9-22(15)19(23)14-10-13-6-3-4-8-16(13)24-11-14/h3-4,6,8,12,14-15H,5,7,9-11H2,1-2H3/t14-,15-/m0/s1. The van der Waals surface area contributed by atoms with Crippen molar-refractivity contribution in [3.05, 3.63) is 41.5 Å². The van der Waals surface area contributed by atoms with Gasteiger partial charge in [-0.2, -0.15) is 4.98 Å². The fourth-order valence-electron chi connectivity index (χ4n) is 3.64. The lowest BCUT2D eigenvalue weighted by molar-refractivity contribution is -0.138. The smallest absolute Gasteiger partial charge is 0.230 e. The molecule has 0 unspecified atom stereocenters. The third kappa shape index (κ3) is 3.01. The summed E-state index contributed by atoms with van der Waals surface area (Å²) in [4.78, 5) is 19.5. The van der Waals surface area contributed by atoms with Crippen molar-refractivity contribution in [1.29, 1.82) is 0 Å². The summed E-state index contributed by atoms with van der Waals surface area (Å²) in [6.45, 7) is 5.22. The van der Waals surface area contributed by atoms with E-state index in [0.29, 0.717) is 18.3 Å². The van der Waals surface area contributed by atoms with Gasteiger partial charge in [-0.05, 0) is 30.9 Å². The molecule has 1 fully saturated rings. The average Bonchev–Trinajstić information content (AvgIpc) is 3.29.